The minimum Gasteiger partial charge on any atom is -0.497 e. The van der Waals surface area contributed by atoms with Crippen molar-refractivity contribution >= 4 is 15.9 Å². The summed E-state index contributed by atoms with van der Waals surface area (Å²) in [4.78, 5) is 4.14. The van der Waals surface area contributed by atoms with Gasteiger partial charge in [-0.3, -0.25) is 0 Å². The van der Waals surface area contributed by atoms with Crippen molar-refractivity contribution in [2.45, 2.75) is 13.2 Å². The molecule has 0 saturated carbocycles. The van der Waals surface area contributed by atoms with Crippen LogP contribution in [0.25, 0.3) is 0 Å². The van der Waals surface area contributed by atoms with Crippen molar-refractivity contribution in [1.82, 2.24) is 4.98 Å². The van der Waals surface area contributed by atoms with Gasteiger partial charge in [0, 0.05) is 16.2 Å². The van der Waals surface area contributed by atoms with Crippen molar-refractivity contribution < 1.29 is 14.6 Å². The third-order valence-corrected chi connectivity index (χ3v) is 3.03. The SMILES string of the molecule is COc1ccc(COc2ncc(Br)cc2CO)cc1. The van der Waals surface area contributed by atoms with Gasteiger partial charge in [0.2, 0.25) is 5.88 Å². The van der Waals surface area contributed by atoms with E-state index in [0.717, 1.165) is 15.8 Å². The number of ether oxygens (including phenoxy) is 2. The number of aliphatic hydroxyl groups is 1. The van der Waals surface area contributed by atoms with Gasteiger partial charge in [-0.15, -0.1) is 0 Å². The number of rotatable bonds is 5. The second-order valence-electron chi connectivity index (χ2n) is 3.91. The van der Waals surface area contributed by atoms with E-state index in [-0.39, 0.29) is 6.61 Å². The first kappa shape index (κ1) is 13.8. The van der Waals surface area contributed by atoms with Gasteiger partial charge in [-0.2, -0.15) is 0 Å². The molecule has 1 heterocycles. The Labute approximate surface area is 120 Å². The maximum Gasteiger partial charge on any atom is 0.219 e. The van der Waals surface area contributed by atoms with E-state index in [1.807, 2.05) is 24.3 Å². The van der Waals surface area contributed by atoms with Gasteiger partial charge in [-0.05, 0) is 39.7 Å². The number of aromatic nitrogens is 1. The van der Waals surface area contributed by atoms with Crippen LogP contribution in [0.3, 0.4) is 0 Å². The molecule has 5 heteroatoms. The molecule has 2 aromatic rings. The molecular weight excluding hydrogens is 310 g/mol. The third kappa shape index (κ3) is 3.68. The molecule has 0 bridgehead atoms. The minimum absolute atomic E-state index is 0.107. The van der Waals surface area contributed by atoms with E-state index >= 15 is 0 Å². The molecule has 19 heavy (non-hydrogen) atoms. The summed E-state index contributed by atoms with van der Waals surface area (Å²) in [6.45, 7) is 0.288. The van der Waals surface area contributed by atoms with E-state index in [1.165, 1.54) is 0 Å². The highest BCUT2D eigenvalue weighted by atomic mass is 79.9. The fraction of sp³-hybridized carbons (Fsp3) is 0.214. The van der Waals surface area contributed by atoms with E-state index in [9.17, 15) is 5.11 Å². The van der Waals surface area contributed by atoms with E-state index in [2.05, 4.69) is 20.9 Å². The Hall–Kier alpha value is -1.59. The molecule has 0 aliphatic heterocycles. The second-order valence-corrected chi connectivity index (χ2v) is 4.83. The van der Waals surface area contributed by atoms with Crippen LogP contribution in [-0.2, 0) is 13.2 Å². The fourth-order valence-electron chi connectivity index (χ4n) is 1.59. The van der Waals surface area contributed by atoms with Crippen molar-refractivity contribution in [1.29, 1.82) is 0 Å². The van der Waals surface area contributed by atoms with Crippen LogP contribution in [0.1, 0.15) is 11.1 Å². The molecule has 0 radical (unpaired) electrons. The summed E-state index contributed by atoms with van der Waals surface area (Å²) in [7, 11) is 1.63. The molecule has 0 atom stereocenters. The van der Waals surface area contributed by atoms with Crippen LogP contribution in [-0.4, -0.2) is 17.2 Å². The van der Waals surface area contributed by atoms with Crippen LogP contribution in [0.5, 0.6) is 11.6 Å². The zero-order chi connectivity index (χ0) is 13.7. The van der Waals surface area contributed by atoms with Gasteiger partial charge in [0.15, 0.2) is 0 Å². The number of pyridine rings is 1. The van der Waals surface area contributed by atoms with Gasteiger partial charge >= 0.3 is 0 Å². The summed E-state index contributed by atoms with van der Waals surface area (Å²) in [6, 6.07) is 9.39. The highest BCUT2D eigenvalue weighted by molar-refractivity contribution is 9.10. The quantitative estimate of drug-likeness (QED) is 0.919. The molecule has 0 spiro atoms. The molecule has 4 nitrogen and oxygen atoms in total. The summed E-state index contributed by atoms with van der Waals surface area (Å²) in [5.41, 5.74) is 1.66. The minimum atomic E-state index is -0.107. The van der Waals surface area contributed by atoms with Gasteiger partial charge in [-0.25, -0.2) is 4.98 Å². The average Bonchev–Trinajstić information content (AvgIpc) is 2.46. The zero-order valence-electron chi connectivity index (χ0n) is 10.5. The van der Waals surface area contributed by atoms with Gasteiger partial charge in [0.05, 0.1) is 13.7 Å². The van der Waals surface area contributed by atoms with Gasteiger partial charge < -0.3 is 14.6 Å². The lowest BCUT2D eigenvalue weighted by Crippen LogP contribution is -2.01. The van der Waals surface area contributed by atoms with Crippen LogP contribution in [0.15, 0.2) is 41.0 Å². The first-order valence-electron chi connectivity index (χ1n) is 5.74. The Morgan fingerprint density at radius 1 is 1.26 bits per heavy atom. The number of benzene rings is 1. The maximum atomic E-state index is 9.25. The van der Waals surface area contributed by atoms with Crippen molar-refractivity contribution in [3.8, 4) is 11.6 Å². The summed E-state index contributed by atoms with van der Waals surface area (Å²) in [6.07, 6.45) is 1.64. The Morgan fingerprint density at radius 3 is 2.63 bits per heavy atom. The monoisotopic (exact) mass is 323 g/mol. The Kier molecular flexibility index (Phi) is 4.76. The summed E-state index contributed by atoms with van der Waals surface area (Å²) >= 11 is 3.31. The molecule has 0 amide bonds. The molecule has 100 valence electrons. The molecule has 0 unspecified atom stereocenters. The second kappa shape index (κ2) is 6.54. The molecule has 0 saturated heterocycles. The predicted octanol–water partition coefficient (Wildman–Crippen LogP) is 2.92. The van der Waals surface area contributed by atoms with Crippen molar-refractivity contribution in [2.75, 3.05) is 7.11 Å². The lowest BCUT2D eigenvalue weighted by molar-refractivity contribution is 0.252. The number of methoxy groups -OCH3 is 1. The molecule has 2 rings (SSSR count). The Morgan fingerprint density at radius 2 is 2.00 bits per heavy atom. The number of hydrogen-bond acceptors (Lipinski definition) is 4. The van der Waals surface area contributed by atoms with Crippen LogP contribution >= 0.6 is 15.9 Å². The van der Waals surface area contributed by atoms with Crippen LogP contribution in [0.4, 0.5) is 0 Å². The van der Waals surface area contributed by atoms with E-state index in [1.54, 1.807) is 19.4 Å². The standard InChI is InChI=1S/C14H14BrNO3/c1-18-13-4-2-10(3-5-13)9-19-14-11(8-17)6-12(15)7-16-14/h2-7,17H,8-9H2,1H3. The molecular formula is C14H14BrNO3. The number of nitrogens with zero attached hydrogens (tertiary/aromatic N) is 1. The Bertz CT molecular complexity index is 543. The number of aliphatic hydroxyl groups excluding tert-OH is 1. The topological polar surface area (TPSA) is 51.6 Å². The smallest absolute Gasteiger partial charge is 0.219 e. The lowest BCUT2D eigenvalue weighted by Gasteiger charge is -2.09. The largest absolute Gasteiger partial charge is 0.497 e. The summed E-state index contributed by atoms with van der Waals surface area (Å²) in [5, 5.41) is 9.25. The fourth-order valence-corrected chi connectivity index (χ4v) is 1.96. The van der Waals surface area contributed by atoms with Crippen LogP contribution in [0, 0.1) is 0 Å². The lowest BCUT2D eigenvalue weighted by atomic mass is 10.2. The number of halogens is 1. The molecule has 1 N–H and O–H groups in total. The molecule has 0 fully saturated rings. The van der Waals surface area contributed by atoms with Gasteiger partial charge in [0.25, 0.3) is 0 Å². The van der Waals surface area contributed by atoms with E-state index in [4.69, 9.17) is 9.47 Å². The van der Waals surface area contributed by atoms with Crippen molar-refractivity contribution in [2.24, 2.45) is 0 Å². The van der Waals surface area contributed by atoms with Crippen LogP contribution in [0.2, 0.25) is 0 Å². The van der Waals surface area contributed by atoms with Gasteiger partial charge in [0.1, 0.15) is 12.4 Å². The molecule has 0 aliphatic rings. The number of hydrogen-bond donors (Lipinski definition) is 1. The first-order valence-corrected chi connectivity index (χ1v) is 6.53. The van der Waals surface area contributed by atoms with E-state index in [0.29, 0.717) is 18.1 Å². The zero-order valence-corrected chi connectivity index (χ0v) is 12.1. The van der Waals surface area contributed by atoms with E-state index < -0.39 is 0 Å². The average molecular weight is 324 g/mol. The summed E-state index contributed by atoms with van der Waals surface area (Å²) in [5.74, 6) is 1.25. The maximum absolute atomic E-state index is 9.25. The molecule has 1 aromatic heterocycles. The third-order valence-electron chi connectivity index (χ3n) is 2.60. The van der Waals surface area contributed by atoms with Crippen molar-refractivity contribution in [3.63, 3.8) is 0 Å². The summed E-state index contributed by atoms with van der Waals surface area (Å²) < 4.78 is 11.5. The molecule has 0 aliphatic carbocycles. The normalized spacial score (nSPS) is 10.3. The van der Waals surface area contributed by atoms with Gasteiger partial charge in [-0.1, -0.05) is 12.1 Å². The highest BCUT2D eigenvalue weighted by Gasteiger charge is 2.06. The Balaban J connectivity index is 2.05. The van der Waals surface area contributed by atoms with Crippen LogP contribution < -0.4 is 9.47 Å². The highest BCUT2D eigenvalue weighted by Crippen LogP contribution is 2.21. The molecule has 1 aromatic carbocycles. The first-order chi connectivity index (χ1) is 9.22. The predicted molar refractivity (Wildman–Crippen MR) is 75.2 cm³/mol. The van der Waals surface area contributed by atoms with Crippen molar-refractivity contribution in [3.05, 3.63) is 52.1 Å².